The van der Waals surface area contributed by atoms with Crippen molar-refractivity contribution in [3.05, 3.63) is 41.0 Å². The minimum Gasteiger partial charge on any atom is -0.381 e. The van der Waals surface area contributed by atoms with E-state index < -0.39 is 0 Å². The molecule has 1 amide bonds. The molecule has 0 saturated heterocycles. The van der Waals surface area contributed by atoms with Crippen LogP contribution < -0.4 is 10.7 Å². The number of hydrogen-bond acceptors (Lipinski definition) is 4. The van der Waals surface area contributed by atoms with E-state index in [4.69, 9.17) is 0 Å². The zero-order chi connectivity index (χ0) is 13.6. The lowest BCUT2D eigenvalue weighted by atomic mass is 9.96. The van der Waals surface area contributed by atoms with Gasteiger partial charge >= 0.3 is 0 Å². The van der Waals surface area contributed by atoms with Crippen molar-refractivity contribution >= 4 is 28.4 Å². The molecule has 5 heteroatoms. The van der Waals surface area contributed by atoms with Gasteiger partial charge in [-0.2, -0.15) is 5.10 Å². The van der Waals surface area contributed by atoms with Crippen molar-refractivity contribution < 1.29 is 4.79 Å². The third-order valence-corrected chi connectivity index (χ3v) is 4.33. The first-order chi connectivity index (χ1) is 9.06. The Labute approximate surface area is 116 Å². The van der Waals surface area contributed by atoms with E-state index in [0.717, 1.165) is 23.5 Å². The quantitative estimate of drug-likeness (QED) is 0.827. The normalized spacial score (nSPS) is 21.6. The maximum Gasteiger partial charge on any atom is 0.299 e. The van der Waals surface area contributed by atoms with Crippen LogP contribution in [0.1, 0.15) is 29.2 Å². The summed E-state index contributed by atoms with van der Waals surface area (Å²) in [6.07, 6.45) is 0. The van der Waals surface area contributed by atoms with Crippen LogP contribution in [0, 0.1) is 6.92 Å². The van der Waals surface area contributed by atoms with Gasteiger partial charge < -0.3 is 5.32 Å². The van der Waals surface area contributed by atoms with Gasteiger partial charge in [0, 0.05) is 17.8 Å². The molecule has 2 aliphatic rings. The van der Waals surface area contributed by atoms with Gasteiger partial charge in [0.2, 0.25) is 0 Å². The highest BCUT2D eigenvalue weighted by molar-refractivity contribution is 8.14. The summed E-state index contributed by atoms with van der Waals surface area (Å²) in [5, 5.41) is 7.45. The molecule has 19 heavy (non-hydrogen) atoms. The van der Waals surface area contributed by atoms with Gasteiger partial charge in [-0.15, -0.1) is 0 Å². The summed E-state index contributed by atoms with van der Waals surface area (Å²) in [7, 11) is 0. The summed E-state index contributed by atoms with van der Waals surface area (Å²) in [5.41, 5.74) is 9.18. The van der Waals surface area contributed by atoms with E-state index in [1.54, 1.807) is 0 Å². The van der Waals surface area contributed by atoms with Crippen LogP contribution in [0.5, 0.6) is 0 Å². The molecule has 0 bridgehead atoms. The fraction of sp³-hybridized carbons (Fsp3) is 0.286. The van der Waals surface area contributed by atoms with E-state index >= 15 is 0 Å². The van der Waals surface area contributed by atoms with E-state index in [1.807, 2.05) is 6.92 Å². The van der Waals surface area contributed by atoms with Gasteiger partial charge in [-0.1, -0.05) is 18.3 Å². The molecule has 2 aliphatic heterocycles. The number of amides is 1. The first-order valence-corrected chi connectivity index (χ1v) is 7.05. The molecule has 0 radical (unpaired) electrons. The second-order valence-corrected chi connectivity index (χ2v) is 6.13. The summed E-state index contributed by atoms with van der Waals surface area (Å²) in [6, 6.07) is 4.26. The van der Waals surface area contributed by atoms with Crippen molar-refractivity contribution in [2.75, 3.05) is 0 Å². The number of benzene rings is 1. The summed E-state index contributed by atoms with van der Waals surface area (Å²) in [6.45, 7) is 8.92. The number of carbonyl (C=O) groups excluding carboxylic acids is 1. The van der Waals surface area contributed by atoms with E-state index in [-0.39, 0.29) is 10.5 Å². The lowest BCUT2D eigenvalue weighted by Crippen LogP contribution is -2.29. The third-order valence-electron chi connectivity index (χ3n) is 3.44. The average Bonchev–Trinajstić information content (AvgIpc) is 2.71. The first kappa shape index (κ1) is 12.3. The first-order valence-electron chi connectivity index (χ1n) is 6.17. The standard InChI is InChI=1S/C14H15N3OS/c1-7-4-10(5-11-6-15-8(2)12(7)11)13-9(3)19-14(18)17-16-13/h4-5,9,15H,2,6H2,1,3H3,(H,17,18). The van der Waals surface area contributed by atoms with Crippen LogP contribution in [0.15, 0.2) is 23.8 Å². The van der Waals surface area contributed by atoms with Crippen molar-refractivity contribution in [3.63, 3.8) is 0 Å². The summed E-state index contributed by atoms with van der Waals surface area (Å²) in [4.78, 5) is 11.3. The maximum atomic E-state index is 11.3. The Morgan fingerprint density at radius 1 is 1.47 bits per heavy atom. The highest BCUT2D eigenvalue weighted by Crippen LogP contribution is 2.30. The fourth-order valence-electron chi connectivity index (χ4n) is 2.61. The molecule has 4 nitrogen and oxygen atoms in total. The van der Waals surface area contributed by atoms with Gasteiger partial charge in [-0.25, -0.2) is 5.43 Å². The molecule has 2 heterocycles. The number of fused-ring (bicyclic) bond motifs is 1. The Morgan fingerprint density at radius 2 is 2.26 bits per heavy atom. The van der Waals surface area contributed by atoms with Crippen molar-refractivity contribution in [1.82, 2.24) is 10.7 Å². The van der Waals surface area contributed by atoms with Crippen molar-refractivity contribution in [3.8, 4) is 0 Å². The molecular weight excluding hydrogens is 258 g/mol. The van der Waals surface area contributed by atoms with Crippen LogP contribution in [-0.4, -0.2) is 16.2 Å². The highest BCUT2D eigenvalue weighted by atomic mass is 32.2. The number of aryl methyl sites for hydroxylation is 1. The topological polar surface area (TPSA) is 53.5 Å². The molecular formula is C14H15N3OS. The van der Waals surface area contributed by atoms with E-state index in [1.165, 1.54) is 28.5 Å². The van der Waals surface area contributed by atoms with E-state index in [2.05, 4.69) is 41.5 Å². The zero-order valence-corrected chi connectivity index (χ0v) is 11.7. The van der Waals surface area contributed by atoms with E-state index in [0.29, 0.717) is 0 Å². The molecule has 0 spiro atoms. The number of carbonyl (C=O) groups is 1. The Balaban J connectivity index is 2.06. The molecule has 0 saturated carbocycles. The molecule has 1 aromatic carbocycles. The Hall–Kier alpha value is -1.75. The Bertz CT molecular complexity index is 621. The fourth-order valence-corrected chi connectivity index (χ4v) is 3.33. The smallest absolute Gasteiger partial charge is 0.299 e. The number of hydrogen-bond donors (Lipinski definition) is 2. The number of rotatable bonds is 1. The summed E-state index contributed by atoms with van der Waals surface area (Å²) in [5.74, 6) is 0. The largest absolute Gasteiger partial charge is 0.381 e. The minimum atomic E-state index is -0.0934. The minimum absolute atomic E-state index is 0.0729. The summed E-state index contributed by atoms with van der Waals surface area (Å²) < 4.78 is 0. The van der Waals surface area contributed by atoms with Gasteiger partial charge in [0.05, 0.1) is 11.0 Å². The number of nitrogens with zero attached hydrogens (tertiary/aromatic N) is 1. The molecule has 0 aromatic heterocycles. The van der Waals surface area contributed by atoms with Crippen LogP contribution in [-0.2, 0) is 6.54 Å². The zero-order valence-electron chi connectivity index (χ0n) is 10.9. The van der Waals surface area contributed by atoms with Crippen LogP contribution in [0.3, 0.4) is 0 Å². The average molecular weight is 273 g/mol. The Morgan fingerprint density at radius 3 is 3.00 bits per heavy atom. The number of hydrazone groups is 1. The van der Waals surface area contributed by atoms with Gasteiger partial charge in [0.1, 0.15) is 0 Å². The molecule has 1 unspecified atom stereocenters. The van der Waals surface area contributed by atoms with Gasteiger partial charge in [-0.05, 0) is 42.7 Å². The van der Waals surface area contributed by atoms with Crippen molar-refractivity contribution in [2.24, 2.45) is 5.10 Å². The molecule has 1 atom stereocenters. The van der Waals surface area contributed by atoms with E-state index in [9.17, 15) is 4.79 Å². The highest BCUT2D eigenvalue weighted by Gasteiger charge is 2.25. The molecule has 98 valence electrons. The van der Waals surface area contributed by atoms with Crippen molar-refractivity contribution in [1.29, 1.82) is 0 Å². The number of nitrogens with one attached hydrogen (secondary N) is 2. The molecule has 0 aliphatic carbocycles. The molecule has 2 N–H and O–H groups in total. The predicted octanol–water partition coefficient (Wildman–Crippen LogP) is 2.62. The number of thioether (sulfide) groups is 1. The van der Waals surface area contributed by atoms with Gasteiger partial charge in [0.25, 0.3) is 5.24 Å². The molecule has 1 aromatic rings. The van der Waals surface area contributed by atoms with Crippen LogP contribution in [0.25, 0.3) is 5.70 Å². The molecule has 3 rings (SSSR count). The lowest BCUT2D eigenvalue weighted by molar-refractivity contribution is 0.261. The SMILES string of the molecule is C=C1NCc2cc(C3=NNC(=O)SC3C)cc(C)c21. The summed E-state index contributed by atoms with van der Waals surface area (Å²) >= 11 is 1.27. The van der Waals surface area contributed by atoms with Crippen LogP contribution in [0.2, 0.25) is 0 Å². The Kier molecular flexibility index (Phi) is 2.86. The van der Waals surface area contributed by atoms with Crippen LogP contribution in [0.4, 0.5) is 4.79 Å². The lowest BCUT2D eigenvalue weighted by Gasteiger charge is -2.19. The second kappa shape index (κ2) is 4.42. The second-order valence-electron chi connectivity index (χ2n) is 4.82. The van der Waals surface area contributed by atoms with Gasteiger partial charge in [0.15, 0.2) is 0 Å². The maximum absolute atomic E-state index is 11.3. The van der Waals surface area contributed by atoms with Crippen molar-refractivity contribution in [2.45, 2.75) is 25.6 Å². The third kappa shape index (κ3) is 2.04. The van der Waals surface area contributed by atoms with Crippen LogP contribution >= 0.6 is 11.8 Å². The monoisotopic (exact) mass is 273 g/mol. The predicted molar refractivity (Wildman–Crippen MR) is 79.2 cm³/mol. The molecule has 0 fully saturated rings. The van der Waals surface area contributed by atoms with Gasteiger partial charge in [-0.3, -0.25) is 4.79 Å².